The van der Waals surface area contributed by atoms with Crippen molar-refractivity contribution < 1.29 is 0 Å². The molecule has 0 aliphatic heterocycles. The Morgan fingerprint density at radius 1 is 0.520 bits per heavy atom. The lowest BCUT2D eigenvalue weighted by atomic mass is 10.2. The van der Waals surface area contributed by atoms with Gasteiger partial charge in [-0.15, -0.1) is 0 Å². The van der Waals surface area contributed by atoms with Crippen molar-refractivity contribution in [3.05, 3.63) is 103 Å². The Morgan fingerprint density at radius 3 is 1.72 bits per heavy atom. The van der Waals surface area contributed by atoms with Gasteiger partial charge in [-0.1, -0.05) is 72.8 Å². The van der Waals surface area contributed by atoms with Crippen LogP contribution in [0.2, 0.25) is 0 Å². The number of benzene rings is 2. The fraction of sp³-hybridized carbons (Fsp3) is 0. The summed E-state index contributed by atoms with van der Waals surface area (Å²) in [6.45, 7) is 0. The second kappa shape index (κ2) is 7.38. The highest BCUT2D eigenvalue weighted by molar-refractivity contribution is 7.79. The lowest BCUT2D eigenvalue weighted by molar-refractivity contribution is 1.27. The summed E-state index contributed by atoms with van der Waals surface area (Å²) in [5, 5.41) is 2.60. The van der Waals surface area contributed by atoms with Crippen molar-refractivity contribution in [2.75, 3.05) is 0 Å². The summed E-state index contributed by atoms with van der Waals surface area (Å²) in [7, 11) is -0.691. The fourth-order valence-corrected chi connectivity index (χ4v) is 4.98. The molecule has 0 radical (unpaired) electrons. The summed E-state index contributed by atoms with van der Waals surface area (Å²) >= 11 is 0. The summed E-state index contributed by atoms with van der Waals surface area (Å²) in [6.07, 6.45) is 1.81. The Bertz CT molecular complexity index is 902. The average Bonchev–Trinajstić information content (AvgIpc) is 2.71. The van der Waals surface area contributed by atoms with E-state index in [0.717, 1.165) is 16.8 Å². The van der Waals surface area contributed by atoms with Crippen molar-refractivity contribution in [1.29, 1.82) is 0 Å². The van der Waals surface area contributed by atoms with Crippen LogP contribution in [0, 0.1) is 0 Å². The molecule has 0 saturated carbocycles. The van der Waals surface area contributed by atoms with E-state index in [-0.39, 0.29) is 0 Å². The molecule has 0 amide bonds. The topological polar surface area (TPSA) is 25.8 Å². The molecule has 0 fully saturated rings. The molecule has 0 aliphatic carbocycles. The average molecular weight is 340 g/mol. The van der Waals surface area contributed by atoms with Crippen LogP contribution in [0.1, 0.15) is 0 Å². The van der Waals surface area contributed by atoms with Gasteiger partial charge < -0.3 is 0 Å². The van der Waals surface area contributed by atoms with Crippen LogP contribution in [0.3, 0.4) is 0 Å². The Morgan fingerprint density at radius 2 is 1.12 bits per heavy atom. The van der Waals surface area contributed by atoms with E-state index >= 15 is 0 Å². The van der Waals surface area contributed by atoms with E-state index in [1.54, 1.807) is 6.20 Å². The lowest BCUT2D eigenvalue weighted by Gasteiger charge is -2.18. The van der Waals surface area contributed by atoms with Crippen LogP contribution in [-0.4, -0.2) is 9.97 Å². The van der Waals surface area contributed by atoms with E-state index in [1.807, 2.05) is 24.3 Å². The predicted octanol–water partition coefficient (Wildman–Crippen LogP) is 3.90. The molecule has 0 saturated heterocycles. The van der Waals surface area contributed by atoms with E-state index < -0.39 is 7.92 Å². The van der Waals surface area contributed by atoms with Crippen molar-refractivity contribution in [3.8, 4) is 11.4 Å². The Balaban J connectivity index is 1.83. The number of nitrogens with zero attached hydrogens (tertiary/aromatic N) is 2. The largest absolute Gasteiger partial charge is 0.255 e. The van der Waals surface area contributed by atoms with Crippen molar-refractivity contribution in [1.82, 2.24) is 9.97 Å². The van der Waals surface area contributed by atoms with Gasteiger partial charge in [-0.2, -0.15) is 0 Å². The molecule has 2 aromatic carbocycles. The van der Waals surface area contributed by atoms with Gasteiger partial charge in [-0.25, -0.2) is 4.98 Å². The smallest absolute Gasteiger partial charge is 0.0894 e. The molecular formula is C22H17N2P. The molecule has 120 valence electrons. The summed E-state index contributed by atoms with van der Waals surface area (Å²) in [6, 6.07) is 33.4. The van der Waals surface area contributed by atoms with E-state index in [0.29, 0.717) is 0 Å². The molecule has 0 unspecified atom stereocenters. The van der Waals surface area contributed by atoms with Gasteiger partial charge in [-0.3, -0.25) is 4.98 Å². The second-order valence-corrected chi connectivity index (χ2v) is 7.76. The molecular weight excluding hydrogens is 323 g/mol. The third-order valence-corrected chi connectivity index (χ3v) is 6.26. The summed E-state index contributed by atoms with van der Waals surface area (Å²) in [5.41, 5.74) is 2.91. The third kappa shape index (κ3) is 3.50. The van der Waals surface area contributed by atoms with Gasteiger partial charge in [0.2, 0.25) is 0 Å². The van der Waals surface area contributed by atoms with Crippen molar-refractivity contribution in [3.63, 3.8) is 0 Å². The molecule has 3 heteroatoms. The standard InChI is InChI=1S/C22H17N2P/c1-3-10-18(11-4-1)25(19-12-5-2-6-13-19)22-16-9-15-21(24-22)20-14-7-8-17-23-20/h1-17H. The van der Waals surface area contributed by atoms with Crippen LogP contribution in [0.15, 0.2) is 103 Å². The highest BCUT2D eigenvalue weighted by Crippen LogP contribution is 2.32. The normalized spacial score (nSPS) is 10.8. The quantitative estimate of drug-likeness (QED) is 0.527. The third-order valence-electron chi connectivity index (χ3n) is 3.92. The minimum Gasteiger partial charge on any atom is -0.255 e. The molecule has 4 aromatic rings. The zero-order valence-corrected chi connectivity index (χ0v) is 14.6. The second-order valence-electron chi connectivity index (χ2n) is 5.60. The highest BCUT2D eigenvalue weighted by atomic mass is 31.1. The summed E-state index contributed by atoms with van der Waals surface area (Å²) in [4.78, 5) is 9.40. The minimum absolute atomic E-state index is 0.691. The zero-order chi connectivity index (χ0) is 16.9. The highest BCUT2D eigenvalue weighted by Gasteiger charge is 2.18. The van der Waals surface area contributed by atoms with Gasteiger partial charge in [0.15, 0.2) is 0 Å². The zero-order valence-electron chi connectivity index (χ0n) is 13.7. The van der Waals surface area contributed by atoms with Crippen LogP contribution >= 0.6 is 7.92 Å². The maximum Gasteiger partial charge on any atom is 0.0894 e. The molecule has 2 aromatic heterocycles. The molecule has 0 bridgehead atoms. The molecule has 0 spiro atoms. The number of pyridine rings is 2. The van der Waals surface area contributed by atoms with Crippen LogP contribution in [0.4, 0.5) is 0 Å². The molecule has 25 heavy (non-hydrogen) atoms. The first kappa shape index (κ1) is 15.7. The van der Waals surface area contributed by atoms with Gasteiger partial charge in [0, 0.05) is 14.1 Å². The number of rotatable bonds is 4. The fourth-order valence-electron chi connectivity index (χ4n) is 2.77. The summed E-state index contributed by atoms with van der Waals surface area (Å²) in [5.74, 6) is 0. The Labute approximate surface area is 149 Å². The molecule has 0 N–H and O–H groups in total. The maximum atomic E-state index is 4.96. The van der Waals surface area contributed by atoms with Crippen LogP contribution in [-0.2, 0) is 0 Å². The molecule has 0 atom stereocenters. The number of hydrogen-bond donors (Lipinski definition) is 0. The Hall–Kier alpha value is -2.83. The van der Waals surface area contributed by atoms with Crippen LogP contribution in [0.25, 0.3) is 11.4 Å². The minimum atomic E-state index is -0.691. The van der Waals surface area contributed by atoms with Gasteiger partial charge in [-0.05, 0) is 34.9 Å². The van der Waals surface area contributed by atoms with Crippen molar-refractivity contribution >= 4 is 24.0 Å². The Kier molecular flexibility index (Phi) is 4.63. The van der Waals surface area contributed by atoms with Crippen molar-refractivity contribution in [2.45, 2.75) is 0 Å². The number of hydrogen-bond acceptors (Lipinski definition) is 2. The predicted molar refractivity (Wildman–Crippen MR) is 106 cm³/mol. The first-order valence-electron chi connectivity index (χ1n) is 8.20. The van der Waals surface area contributed by atoms with E-state index in [1.165, 1.54) is 10.6 Å². The lowest BCUT2D eigenvalue weighted by Crippen LogP contribution is -2.22. The van der Waals surface area contributed by atoms with Gasteiger partial charge in [0.1, 0.15) is 0 Å². The molecule has 4 rings (SSSR count). The first-order valence-corrected chi connectivity index (χ1v) is 9.55. The summed E-state index contributed by atoms with van der Waals surface area (Å²) < 4.78 is 0. The van der Waals surface area contributed by atoms with Crippen LogP contribution < -0.4 is 16.0 Å². The monoisotopic (exact) mass is 340 g/mol. The maximum absolute atomic E-state index is 4.96. The van der Waals surface area contributed by atoms with Crippen molar-refractivity contribution in [2.24, 2.45) is 0 Å². The van der Waals surface area contributed by atoms with E-state index in [4.69, 9.17) is 4.98 Å². The van der Waals surface area contributed by atoms with Gasteiger partial charge >= 0.3 is 0 Å². The first-order chi connectivity index (χ1) is 12.4. The molecule has 0 aliphatic rings. The molecule has 2 nitrogen and oxygen atoms in total. The SMILES string of the molecule is c1ccc(P(c2ccccc2)c2cccc(-c3ccccn3)n2)cc1. The van der Waals surface area contributed by atoms with E-state index in [2.05, 4.69) is 77.8 Å². The van der Waals surface area contributed by atoms with Gasteiger partial charge in [0.25, 0.3) is 0 Å². The molecule has 2 heterocycles. The van der Waals surface area contributed by atoms with Gasteiger partial charge in [0.05, 0.1) is 16.8 Å². The van der Waals surface area contributed by atoms with E-state index in [9.17, 15) is 0 Å². The number of aromatic nitrogens is 2. The van der Waals surface area contributed by atoms with Crippen LogP contribution in [0.5, 0.6) is 0 Å².